The summed E-state index contributed by atoms with van der Waals surface area (Å²) < 4.78 is 6.23. The van der Waals surface area contributed by atoms with Gasteiger partial charge in [0.1, 0.15) is 12.3 Å². The zero-order valence-electron chi connectivity index (χ0n) is 16.6. The van der Waals surface area contributed by atoms with Gasteiger partial charge in [0.05, 0.1) is 16.0 Å². The van der Waals surface area contributed by atoms with Gasteiger partial charge in [-0.3, -0.25) is 19.3 Å². The molecule has 30 heavy (non-hydrogen) atoms. The molecule has 6 nitrogen and oxygen atoms in total. The number of aryl methyl sites for hydroxylation is 1. The fourth-order valence-electron chi connectivity index (χ4n) is 2.84. The second-order valence-electron chi connectivity index (χ2n) is 6.49. The summed E-state index contributed by atoms with van der Waals surface area (Å²) in [6.07, 6.45) is 2.54. The van der Waals surface area contributed by atoms with Gasteiger partial charge in [0.2, 0.25) is 5.91 Å². The summed E-state index contributed by atoms with van der Waals surface area (Å²) in [5, 5.41) is 2.25. The van der Waals surface area contributed by atoms with E-state index in [-0.39, 0.29) is 11.4 Å². The average molecular weight is 489 g/mol. The number of hydrogen-bond donors (Lipinski definition) is 1. The number of carbonyl (C=O) groups excluding carboxylic acids is 3. The van der Waals surface area contributed by atoms with Gasteiger partial charge in [0.15, 0.2) is 0 Å². The lowest BCUT2D eigenvalue weighted by atomic mass is 10.1. The third kappa shape index (κ3) is 5.31. The summed E-state index contributed by atoms with van der Waals surface area (Å²) in [5.41, 5.74) is 2.53. The highest BCUT2D eigenvalue weighted by atomic mass is 79.9. The maximum atomic E-state index is 12.6. The van der Waals surface area contributed by atoms with Crippen molar-refractivity contribution in [3.63, 3.8) is 0 Å². The summed E-state index contributed by atoms with van der Waals surface area (Å²) in [6.45, 7) is 4.16. The van der Waals surface area contributed by atoms with E-state index >= 15 is 0 Å². The Morgan fingerprint density at radius 3 is 2.53 bits per heavy atom. The minimum absolute atomic E-state index is 0.274. The molecule has 156 valence electrons. The number of benzene rings is 2. The highest BCUT2D eigenvalue weighted by Crippen LogP contribution is 2.33. The van der Waals surface area contributed by atoms with Gasteiger partial charge in [-0.25, -0.2) is 0 Å². The van der Waals surface area contributed by atoms with Crippen LogP contribution in [0, 0.1) is 0 Å². The van der Waals surface area contributed by atoms with Crippen molar-refractivity contribution < 1.29 is 19.1 Å². The van der Waals surface area contributed by atoms with E-state index in [1.165, 1.54) is 0 Å². The molecule has 1 saturated heterocycles. The summed E-state index contributed by atoms with van der Waals surface area (Å²) in [4.78, 5) is 38.5. The molecule has 3 amide bonds. The van der Waals surface area contributed by atoms with Gasteiger partial charge >= 0.3 is 0 Å². The number of rotatable bonds is 7. The quantitative estimate of drug-likeness (QED) is 0.549. The van der Waals surface area contributed by atoms with E-state index in [0.29, 0.717) is 18.0 Å². The first kappa shape index (κ1) is 22.1. The highest BCUT2D eigenvalue weighted by Gasteiger charge is 2.36. The van der Waals surface area contributed by atoms with Gasteiger partial charge in [-0.15, -0.1) is 0 Å². The van der Waals surface area contributed by atoms with Crippen molar-refractivity contribution >= 4 is 56.5 Å². The lowest BCUT2D eigenvalue weighted by molar-refractivity contribution is -0.127. The molecule has 1 aliphatic heterocycles. The minimum atomic E-state index is -0.480. The van der Waals surface area contributed by atoms with E-state index in [0.717, 1.165) is 38.7 Å². The first-order valence-electron chi connectivity index (χ1n) is 9.47. The predicted octanol–water partition coefficient (Wildman–Crippen LogP) is 5.09. The van der Waals surface area contributed by atoms with Crippen molar-refractivity contribution in [2.75, 3.05) is 18.5 Å². The van der Waals surface area contributed by atoms with Crippen LogP contribution in [0.1, 0.15) is 25.0 Å². The molecule has 1 N–H and O–H groups in total. The molecule has 0 saturated carbocycles. The van der Waals surface area contributed by atoms with Gasteiger partial charge < -0.3 is 10.1 Å². The fraction of sp³-hybridized carbons (Fsp3) is 0.227. The molecule has 0 aliphatic carbocycles. The van der Waals surface area contributed by atoms with Crippen molar-refractivity contribution in [2.45, 2.75) is 20.3 Å². The number of amides is 3. The summed E-state index contributed by atoms with van der Waals surface area (Å²) >= 11 is 4.26. The minimum Gasteiger partial charge on any atom is -0.493 e. The number of nitrogens with one attached hydrogen (secondary N) is 1. The first-order chi connectivity index (χ1) is 14.4. The Bertz CT molecular complexity index is 1000. The Morgan fingerprint density at radius 2 is 1.90 bits per heavy atom. The van der Waals surface area contributed by atoms with Crippen LogP contribution >= 0.6 is 27.7 Å². The van der Waals surface area contributed by atoms with E-state index in [2.05, 4.69) is 21.2 Å². The predicted molar refractivity (Wildman–Crippen MR) is 122 cm³/mol. The maximum Gasteiger partial charge on any atom is 0.294 e. The molecule has 1 heterocycles. The van der Waals surface area contributed by atoms with Gasteiger partial charge in [-0.1, -0.05) is 25.1 Å². The van der Waals surface area contributed by atoms with Crippen molar-refractivity contribution in [3.05, 3.63) is 63.0 Å². The molecule has 2 aromatic rings. The highest BCUT2D eigenvalue weighted by molar-refractivity contribution is 9.10. The van der Waals surface area contributed by atoms with Crippen LogP contribution in [0.5, 0.6) is 5.75 Å². The average Bonchev–Trinajstić information content (AvgIpc) is 2.98. The SMILES string of the molecule is CCOc1ccc(/C=C2\SC(=O)N(CC(=O)Nc3ccc(CC)cc3)C2=O)cc1Br. The molecule has 0 spiro atoms. The van der Waals surface area contributed by atoms with Gasteiger partial charge in [-0.2, -0.15) is 0 Å². The molecule has 0 aromatic heterocycles. The van der Waals surface area contributed by atoms with Crippen molar-refractivity contribution in [1.29, 1.82) is 0 Å². The molecule has 8 heteroatoms. The maximum absolute atomic E-state index is 12.6. The fourth-order valence-corrected chi connectivity index (χ4v) is 4.18. The molecule has 1 fully saturated rings. The number of carbonyl (C=O) groups is 3. The van der Waals surface area contributed by atoms with Gasteiger partial charge in [0, 0.05) is 5.69 Å². The Labute approximate surface area is 187 Å². The molecule has 3 rings (SSSR count). The third-order valence-electron chi connectivity index (χ3n) is 4.37. The molecule has 0 atom stereocenters. The van der Waals surface area contributed by atoms with Crippen LogP contribution in [0.4, 0.5) is 10.5 Å². The Kier molecular flexibility index (Phi) is 7.33. The number of hydrogen-bond acceptors (Lipinski definition) is 5. The van der Waals surface area contributed by atoms with E-state index in [1.807, 2.05) is 32.0 Å². The zero-order chi connectivity index (χ0) is 21.7. The van der Waals surface area contributed by atoms with E-state index < -0.39 is 17.1 Å². The first-order valence-corrected chi connectivity index (χ1v) is 11.1. The van der Waals surface area contributed by atoms with Crippen LogP contribution in [-0.2, 0) is 16.0 Å². The number of halogens is 1. The Morgan fingerprint density at radius 1 is 1.17 bits per heavy atom. The molecule has 2 aromatic carbocycles. The standard InChI is InChI=1S/C22H21BrN2O4S/c1-3-14-5-8-16(9-6-14)24-20(26)13-25-21(27)19(30-22(25)28)12-15-7-10-18(29-4-2)17(23)11-15/h5-12H,3-4,13H2,1-2H3,(H,24,26)/b19-12-. The number of anilines is 1. The van der Waals surface area contributed by atoms with Crippen molar-refractivity contribution in [3.8, 4) is 5.75 Å². The summed E-state index contributed by atoms with van der Waals surface area (Å²) in [6, 6.07) is 12.9. The Hall–Kier alpha value is -2.58. The number of nitrogens with zero attached hydrogens (tertiary/aromatic N) is 1. The van der Waals surface area contributed by atoms with Crippen LogP contribution in [0.2, 0.25) is 0 Å². The molecular formula is C22H21BrN2O4S. The van der Waals surface area contributed by atoms with Crippen LogP contribution in [0.25, 0.3) is 6.08 Å². The topological polar surface area (TPSA) is 75.7 Å². The van der Waals surface area contributed by atoms with Crippen molar-refractivity contribution in [1.82, 2.24) is 4.90 Å². The van der Waals surface area contributed by atoms with Gasteiger partial charge in [0.25, 0.3) is 11.1 Å². The smallest absolute Gasteiger partial charge is 0.294 e. The van der Waals surface area contributed by atoms with Crippen LogP contribution in [0.3, 0.4) is 0 Å². The van der Waals surface area contributed by atoms with Gasteiger partial charge in [-0.05, 0) is 82.5 Å². The zero-order valence-corrected chi connectivity index (χ0v) is 19.0. The number of thioether (sulfide) groups is 1. The van der Waals surface area contributed by atoms with E-state index in [1.54, 1.807) is 30.3 Å². The second-order valence-corrected chi connectivity index (χ2v) is 8.34. The lowest BCUT2D eigenvalue weighted by Gasteiger charge is -2.12. The molecular weight excluding hydrogens is 468 g/mol. The van der Waals surface area contributed by atoms with Crippen molar-refractivity contribution in [2.24, 2.45) is 0 Å². The van der Waals surface area contributed by atoms with Crippen LogP contribution in [0.15, 0.2) is 51.8 Å². The monoisotopic (exact) mass is 488 g/mol. The lowest BCUT2D eigenvalue weighted by Crippen LogP contribution is -2.36. The summed E-state index contributed by atoms with van der Waals surface area (Å²) in [7, 11) is 0. The van der Waals surface area contributed by atoms with E-state index in [9.17, 15) is 14.4 Å². The molecule has 0 bridgehead atoms. The number of imide groups is 1. The molecule has 0 radical (unpaired) electrons. The van der Waals surface area contributed by atoms with Crippen LogP contribution in [-0.4, -0.2) is 35.1 Å². The summed E-state index contributed by atoms with van der Waals surface area (Å²) in [5.74, 6) is -0.204. The normalized spacial score (nSPS) is 15.0. The number of ether oxygens (including phenoxy) is 1. The molecule has 1 aliphatic rings. The van der Waals surface area contributed by atoms with E-state index in [4.69, 9.17) is 4.74 Å². The molecule has 0 unspecified atom stereocenters. The second kappa shape index (κ2) is 9.95. The Balaban J connectivity index is 1.67. The third-order valence-corrected chi connectivity index (χ3v) is 5.90. The van der Waals surface area contributed by atoms with Crippen LogP contribution < -0.4 is 10.1 Å². The largest absolute Gasteiger partial charge is 0.493 e.